The molecule has 1 fully saturated rings. The predicted molar refractivity (Wildman–Crippen MR) is 71.1 cm³/mol. The highest BCUT2D eigenvalue weighted by Gasteiger charge is 2.42. The molecule has 0 radical (unpaired) electrons. The molecule has 7 nitrogen and oxygen atoms in total. The molecule has 21 heavy (non-hydrogen) atoms. The molecule has 0 amide bonds. The topological polar surface area (TPSA) is 87.9 Å². The van der Waals surface area contributed by atoms with E-state index in [0.717, 1.165) is 0 Å². The minimum absolute atomic E-state index is 0.0417. The van der Waals surface area contributed by atoms with Gasteiger partial charge in [0.05, 0.1) is 32.3 Å². The number of aromatic nitrogens is 1. The maximum absolute atomic E-state index is 11.7. The maximum atomic E-state index is 11.7. The lowest BCUT2D eigenvalue weighted by atomic mass is 9.89. The highest BCUT2D eigenvalue weighted by atomic mass is 16.5. The van der Waals surface area contributed by atoms with Crippen molar-refractivity contribution in [1.29, 1.82) is 0 Å². The number of methoxy groups -OCH3 is 2. The van der Waals surface area contributed by atoms with Gasteiger partial charge in [0.2, 0.25) is 17.3 Å². The Morgan fingerprint density at radius 2 is 1.67 bits per heavy atom. The molecule has 4 atom stereocenters. The number of hydrogen-bond acceptors (Lipinski definition) is 7. The van der Waals surface area contributed by atoms with Crippen LogP contribution in [0.5, 0.6) is 0 Å². The molecule has 116 valence electrons. The number of ether oxygens (including phenoxy) is 3. The Labute approximate surface area is 122 Å². The maximum Gasteiger partial charge on any atom is 0.376 e. The molecule has 0 aromatic carbocycles. The minimum Gasteiger partial charge on any atom is -0.464 e. The molecule has 4 unspecified atom stereocenters. The van der Waals surface area contributed by atoms with E-state index >= 15 is 0 Å². The van der Waals surface area contributed by atoms with E-state index in [0.29, 0.717) is 5.89 Å². The molecule has 2 heterocycles. The van der Waals surface area contributed by atoms with Crippen LogP contribution >= 0.6 is 0 Å². The van der Waals surface area contributed by atoms with Crippen LogP contribution in [0, 0.1) is 5.92 Å². The van der Waals surface area contributed by atoms with Gasteiger partial charge in [-0.05, 0) is 19.8 Å². The van der Waals surface area contributed by atoms with Crippen LogP contribution in [0.2, 0.25) is 0 Å². The second-order valence-corrected chi connectivity index (χ2v) is 5.14. The van der Waals surface area contributed by atoms with Crippen molar-refractivity contribution in [2.45, 2.75) is 38.9 Å². The fourth-order valence-corrected chi connectivity index (χ4v) is 2.64. The zero-order chi connectivity index (χ0) is 15.7. The van der Waals surface area contributed by atoms with E-state index in [1.54, 1.807) is 0 Å². The molecule has 1 aliphatic heterocycles. The summed E-state index contributed by atoms with van der Waals surface area (Å²) in [5, 5.41) is 0. The Morgan fingerprint density at radius 1 is 1.05 bits per heavy atom. The van der Waals surface area contributed by atoms with Gasteiger partial charge >= 0.3 is 11.9 Å². The van der Waals surface area contributed by atoms with Crippen molar-refractivity contribution in [3.8, 4) is 0 Å². The lowest BCUT2D eigenvalue weighted by molar-refractivity contribution is 0.0514. The van der Waals surface area contributed by atoms with Gasteiger partial charge in [-0.2, -0.15) is 0 Å². The predicted octanol–water partition coefficient (Wildman–Crippen LogP) is 1.77. The molecule has 7 heteroatoms. The van der Waals surface area contributed by atoms with Crippen molar-refractivity contribution in [2.24, 2.45) is 5.92 Å². The van der Waals surface area contributed by atoms with E-state index in [9.17, 15) is 9.59 Å². The lowest BCUT2D eigenvalue weighted by Crippen LogP contribution is -2.15. The van der Waals surface area contributed by atoms with Gasteiger partial charge in [-0.25, -0.2) is 14.6 Å². The second-order valence-electron chi connectivity index (χ2n) is 5.14. The summed E-state index contributed by atoms with van der Waals surface area (Å²) >= 11 is 0. The molecule has 0 saturated carbocycles. The van der Waals surface area contributed by atoms with Crippen LogP contribution in [-0.2, 0) is 14.2 Å². The first-order chi connectivity index (χ1) is 9.90. The molecule has 0 bridgehead atoms. The Hall–Kier alpha value is -1.89. The molecular formula is C14H19NO6. The van der Waals surface area contributed by atoms with Crippen LogP contribution in [0.25, 0.3) is 0 Å². The zero-order valence-corrected chi connectivity index (χ0v) is 12.7. The molecule has 0 aliphatic carbocycles. The van der Waals surface area contributed by atoms with Gasteiger partial charge in [0.25, 0.3) is 0 Å². The summed E-state index contributed by atoms with van der Waals surface area (Å²) in [5.74, 6) is -1.44. The summed E-state index contributed by atoms with van der Waals surface area (Å²) in [4.78, 5) is 27.6. The first kappa shape index (κ1) is 15.5. The van der Waals surface area contributed by atoms with Crippen LogP contribution in [0.15, 0.2) is 4.42 Å². The summed E-state index contributed by atoms with van der Waals surface area (Å²) in [7, 11) is 2.42. The summed E-state index contributed by atoms with van der Waals surface area (Å²) in [6.07, 6.45) is -0.0790. The molecule has 0 N–H and O–H groups in total. The second kappa shape index (κ2) is 5.85. The average molecular weight is 297 g/mol. The number of carbonyl (C=O) groups is 2. The average Bonchev–Trinajstić information content (AvgIpc) is 2.99. The van der Waals surface area contributed by atoms with Crippen molar-refractivity contribution in [3.63, 3.8) is 0 Å². The molecule has 1 saturated heterocycles. The fourth-order valence-electron chi connectivity index (χ4n) is 2.64. The summed E-state index contributed by atoms with van der Waals surface area (Å²) in [6, 6.07) is 0. The Kier molecular flexibility index (Phi) is 4.32. The summed E-state index contributed by atoms with van der Waals surface area (Å²) in [6.45, 7) is 5.88. The van der Waals surface area contributed by atoms with Gasteiger partial charge in [-0.15, -0.1) is 0 Å². The number of esters is 2. The van der Waals surface area contributed by atoms with Gasteiger partial charge in [-0.1, -0.05) is 6.92 Å². The van der Waals surface area contributed by atoms with Crippen molar-refractivity contribution < 1.29 is 28.2 Å². The van der Waals surface area contributed by atoms with E-state index in [-0.39, 0.29) is 35.5 Å². The molecular weight excluding hydrogens is 278 g/mol. The number of nitrogens with zero attached hydrogens (tertiary/aromatic N) is 1. The molecule has 2 rings (SSSR count). The molecule has 1 aromatic rings. The van der Waals surface area contributed by atoms with E-state index in [2.05, 4.69) is 14.5 Å². The number of hydrogen-bond donors (Lipinski definition) is 0. The van der Waals surface area contributed by atoms with Crippen molar-refractivity contribution in [1.82, 2.24) is 4.98 Å². The SMILES string of the molecule is COC(=O)c1nc(C2C(C)OC(C)C2C)oc1C(=O)OC. The van der Waals surface area contributed by atoms with Gasteiger partial charge < -0.3 is 18.6 Å². The Morgan fingerprint density at radius 3 is 2.14 bits per heavy atom. The van der Waals surface area contributed by atoms with E-state index in [4.69, 9.17) is 9.15 Å². The zero-order valence-electron chi connectivity index (χ0n) is 12.7. The van der Waals surface area contributed by atoms with Crippen LogP contribution in [0.4, 0.5) is 0 Å². The van der Waals surface area contributed by atoms with Gasteiger partial charge in [0, 0.05) is 0 Å². The van der Waals surface area contributed by atoms with Crippen molar-refractivity contribution in [2.75, 3.05) is 14.2 Å². The first-order valence-corrected chi connectivity index (χ1v) is 6.73. The Bertz CT molecular complexity index is 518. The minimum atomic E-state index is -0.763. The number of carbonyl (C=O) groups excluding carboxylic acids is 2. The fraction of sp³-hybridized carbons (Fsp3) is 0.643. The molecule has 1 aromatic heterocycles. The number of rotatable bonds is 3. The van der Waals surface area contributed by atoms with Gasteiger partial charge in [-0.3, -0.25) is 0 Å². The van der Waals surface area contributed by atoms with Gasteiger partial charge in [0.15, 0.2) is 0 Å². The van der Waals surface area contributed by atoms with E-state index in [1.807, 2.05) is 20.8 Å². The monoisotopic (exact) mass is 297 g/mol. The quantitative estimate of drug-likeness (QED) is 0.786. The van der Waals surface area contributed by atoms with Crippen LogP contribution in [0.3, 0.4) is 0 Å². The van der Waals surface area contributed by atoms with Crippen LogP contribution in [-0.4, -0.2) is 43.4 Å². The summed E-state index contributed by atoms with van der Waals surface area (Å²) in [5.41, 5.74) is -0.168. The lowest BCUT2D eigenvalue weighted by Gasteiger charge is -2.13. The standard InChI is InChI=1S/C14H19NO6/c1-6-7(2)20-8(3)9(6)12-15-10(13(16)18-4)11(21-12)14(17)19-5/h6-9H,1-5H3. The molecule has 0 spiro atoms. The van der Waals surface area contributed by atoms with E-state index < -0.39 is 11.9 Å². The third-order valence-corrected chi connectivity index (χ3v) is 3.92. The summed E-state index contributed by atoms with van der Waals surface area (Å²) < 4.78 is 20.5. The van der Waals surface area contributed by atoms with Crippen LogP contribution < -0.4 is 0 Å². The normalized spacial score (nSPS) is 28.4. The highest BCUT2D eigenvalue weighted by Crippen LogP contribution is 2.40. The third kappa shape index (κ3) is 2.65. The van der Waals surface area contributed by atoms with Gasteiger partial charge in [0.1, 0.15) is 0 Å². The van der Waals surface area contributed by atoms with Crippen molar-refractivity contribution in [3.05, 3.63) is 17.3 Å². The smallest absolute Gasteiger partial charge is 0.376 e. The Balaban J connectivity index is 2.44. The highest BCUT2D eigenvalue weighted by molar-refractivity contribution is 5.99. The largest absolute Gasteiger partial charge is 0.464 e. The van der Waals surface area contributed by atoms with Crippen LogP contribution in [0.1, 0.15) is 53.6 Å². The number of oxazole rings is 1. The first-order valence-electron chi connectivity index (χ1n) is 6.73. The molecule has 1 aliphatic rings. The third-order valence-electron chi connectivity index (χ3n) is 3.92. The van der Waals surface area contributed by atoms with E-state index in [1.165, 1.54) is 14.2 Å². The van der Waals surface area contributed by atoms with Crippen molar-refractivity contribution >= 4 is 11.9 Å².